The second kappa shape index (κ2) is 7.81. The SMILES string of the molecule is CCC1CCN(CCCNC(=S)NN)CC1. The van der Waals surface area contributed by atoms with Crippen molar-refractivity contribution >= 4 is 17.3 Å². The molecule has 0 saturated carbocycles. The summed E-state index contributed by atoms with van der Waals surface area (Å²) in [5, 5.41) is 3.59. The van der Waals surface area contributed by atoms with Gasteiger partial charge in [-0.05, 0) is 57.0 Å². The highest BCUT2D eigenvalue weighted by Gasteiger charge is 2.16. The van der Waals surface area contributed by atoms with Gasteiger partial charge in [-0.25, -0.2) is 5.84 Å². The second-order valence-corrected chi connectivity index (χ2v) is 4.86. The predicted molar refractivity (Wildman–Crippen MR) is 72.0 cm³/mol. The van der Waals surface area contributed by atoms with E-state index in [0.29, 0.717) is 5.11 Å². The van der Waals surface area contributed by atoms with Crippen LogP contribution in [0.4, 0.5) is 0 Å². The van der Waals surface area contributed by atoms with Crippen molar-refractivity contribution < 1.29 is 0 Å². The molecule has 0 spiro atoms. The number of nitrogens with zero attached hydrogens (tertiary/aromatic N) is 1. The second-order valence-electron chi connectivity index (χ2n) is 4.45. The van der Waals surface area contributed by atoms with Crippen LogP contribution in [0.5, 0.6) is 0 Å². The van der Waals surface area contributed by atoms with E-state index in [0.717, 1.165) is 25.4 Å². The Balaban J connectivity index is 2.00. The van der Waals surface area contributed by atoms with E-state index in [9.17, 15) is 0 Å². The Kier molecular flexibility index (Phi) is 6.68. The van der Waals surface area contributed by atoms with Crippen LogP contribution in [0.3, 0.4) is 0 Å². The Morgan fingerprint density at radius 2 is 2.12 bits per heavy atom. The summed E-state index contributed by atoms with van der Waals surface area (Å²) in [6, 6.07) is 0. The van der Waals surface area contributed by atoms with Crippen molar-refractivity contribution in [2.24, 2.45) is 11.8 Å². The number of hydrazine groups is 1. The van der Waals surface area contributed by atoms with E-state index >= 15 is 0 Å². The van der Waals surface area contributed by atoms with Gasteiger partial charge in [0.15, 0.2) is 5.11 Å². The molecule has 0 radical (unpaired) electrons. The molecule has 1 aliphatic heterocycles. The van der Waals surface area contributed by atoms with Crippen molar-refractivity contribution in [3.05, 3.63) is 0 Å². The first-order valence-corrected chi connectivity index (χ1v) is 6.64. The molecule has 0 bridgehead atoms. The lowest BCUT2D eigenvalue weighted by molar-refractivity contribution is 0.180. The Morgan fingerprint density at radius 1 is 1.44 bits per heavy atom. The normalized spacial score (nSPS) is 18.4. The molecule has 0 unspecified atom stereocenters. The maximum absolute atomic E-state index is 5.16. The smallest absolute Gasteiger partial charge is 0.180 e. The summed E-state index contributed by atoms with van der Waals surface area (Å²) in [5.41, 5.74) is 2.42. The van der Waals surface area contributed by atoms with Crippen molar-refractivity contribution in [1.29, 1.82) is 0 Å². The van der Waals surface area contributed by atoms with Crippen LogP contribution >= 0.6 is 12.2 Å². The van der Waals surface area contributed by atoms with Crippen molar-refractivity contribution in [3.63, 3.8) is 0 Å². The number of hydrogen-bond donors (Lipinski definition) is 3. The molecule has 0 amide bonds. The van der Waals surface area contributed by atoms with E-state index in [1.165, 1.54) is 32.4 Å². The van der Waals surface area contributed by atoms with E-state index < -0.39 is 0 Å². The van der Waals surface area contributed by atoms with Crippen LogP contribution in [0.1, 0.15) is 32.6 Å². The lowest BCUT2D eigenvalue weighted by Gasteiger charge is -2.31. The number of piperidine rings is 1. The van der Waals surface area contributed by atoms with Gasteiger partial charge in [0.2, 0.25) is 0 Å². The molecule has 16 heavy (non-hydrogen) atoms. The first kappa shape index (κ1) is 13.7. The molecule has 0 aliphatic carbocycles. The van der Waals surface area contributed by atoms with E-state index in [2.05, 4.69) is 22.6 Å². The largest absolute Gasteiger partial charge is 0.362 e. The molecule has 1 saturated heterocycles. The average molecular weight is 244 g/mol. The minimum atomic E-state index is 0.532. The van der Waals surface area contributed by atoms with E-state index in [4.69, 9.17) is 18.1 Å². The molecule has 4 nitrogen and oxygen atoms in total. The summed E-state index contributed by atoms with van der Waals surface area (Å²) < 4.78 is 0. The van der Waals surface area contributed by atoms with Crippen LogP contribution in [-0.2, 0) is 0 Å². The lowest BCUT2D eigenvalue weighted by Crippen LogP contribution is -2.41. The topological polar surface area (TPSA) is 53.3 Å². The Labute approximate surface area is 104 Å². The van der Waals surface area contributed by atoms with Gasteiger partial charge in [0.25, 0.3) is 0 Å². The van der Waals surface area contributed by atoms with Gasteiger partial charge in [0.1, 0.15) is 0 Å². The molecule has 94 valence electrons. The molecule has 0 aromatic rings. The molecular formula is C11H24N4S. The fourth-order valence-corrected chi connectivity index (χ4v) is 2.28. The number of thiocarbonyl (C=S) groups is 1. The number of likely N-dealkylation sites (tertiary alicyclic amines) is 1. The van der Waals surface area contributed by atoms with Crippen LogP contribution in [-0.4, -0.2) is 36.2 Å². The summed E-state index contributed by atoms with van der Waals surface area (Å²) >= 11 is 4.90. The summed E-state index contributed by atoms with van der Waals surface area (Å²) in [7, 11) is 0. The zero-order valence-electron chi connectivity index (χ0n) is 10.2. The lowest BCUT2D eigenvalue weighted by atomic mass is 9.94. The molecule has 4 N–H and O–H groups in total. The Morgan fingerprint density at radius 3 is 2.69 bits per heavy atom. The molecule has 0 atom stereocenters. The first-order valence-electron chi connectivity index (χ1n) is 6.23. The Hall–Kier alpha value is -0.390. The highest BCUT2D eigenvalue weighted by molar-refractivity contribution is 7.80. The fourth-order valence-electron chi connectivity index (χ4n) is 2.17. The van der Waals surface area contributed by atoms with Gasteiger partial charge in [-0.2, -0.15) is 0 Å². The highest BCUT2D eigenvalue weighted by atomic mass is 32.1. The third-order valence-electron chi connectivity index (χ3n) is 3.35. The molecule has 1 aliphatic rings. The first-order chi connectivity index (χ1) is 7.76. The van der Waals surface area contributed by atoms with Crippen LogP contribution in [0, 0.1) is 5.92 Å². The maximum Gasteiger partial charge on any atom is 0.180 e. The zero-order chi connectivity index (χ0) is 11.8. The fraction of sp³-hybridized carbons (Fsp3) is 0.909. The predicted octanol–water partition coefficient (Wildman–Crippen LogP) is 0.836. The third-order valence-corrected chi connectivity index (χ3v) is 3.61. The van der Waals surface area contributed by atoms with Crippen LogP contribution in [0.25, 0.3) is 0 Å². The molecule has 5 heteroatoms. The van der Waals surface area contributed by atoms with Gasteiger partial charge in [0, 0.05) is 6.54 Å². The molecular weight excluding hydrogens is 220 g/mol. The van der Waals surface area contributed by atoms with E-state index in [-0.39, 0.29) is 0 Å². The van der Waals surface area contributed by atoms with Crippen LogP contribution in [0.2, 0.25) is 0 Å². The number of hydrogen-bond acceptors (Lipinski definition) is 3. The molecule has 0 aromatic heterocycles. The van der Waals surface area contributed by atoms with Crippen LogP contribution in [0.15, 0.2) is 0 Å². The monoisotopic (exact) mass is 244 g/mol. The van der Waals surface area contributed by atoms with Gasteiger partial charge in [-0.3, -0.25) is 0 Å². The summed E-state index contributed by atoms with van der Waals surface area (Å²) in [6.07, 6.45) is 5.20. The van der Waals surface area contributed by atoms with Gasteiger partial charge in [0.05, 0.1) is 0 Å². The van der Waals surface area contributed by atoms with Gasteiger partial charge < -0.3 is 15.6 Å². The highest BCUT2D eigenvalue weighted by Crippen LogP contribution is 2.19. The summed E-state index contributed by atoms with van der Waals surface area (Å²) in [5.74, 6) is 6.12. The summed E-state index contributed by atoms with van der Waals surface area (Å²) in [4.78, 5) is 2.55. The third kappa shape index (κ3) is 5.09. The molecule has 0 aromatic carbocycles. The number of nitrogens with one attached hydrogen (secondary N) is 2. The number of rotatable bonds is 5. The van der Waals surface area contributed by atoms with Gasteiger partial charge in [-0.15, -0.1) is 0 Å². The van der Waals surface area contributed by atoms with Gasteiger partial charge >= 0.3 is 0 Å². The quantitative estimate of drug-likeness (QED) is 0.289. The Bertz CT molecular complexity index is 202. The average Bonchev–Trinajstić information content (AvgIpc) is 2.35. The maximum atomic E-state index is 5.16. The van der Waals surface area contributed by atoms with Gasteiger partial charge in [-0.1, -0.05) is 13.3 Å². The van der Waals surface area contributed by atoms with Crippen molar-refractivity contribution in [3.8, 4) is 0 Å². The van der Waals surface area contributed by atoms with E-state index in [1.807, 2.05) is 0 Å². The van der Waals surface area contributed by atoms with Crippen molar-refractivity contribution in [2.75, 3.05) is 26.2 Å². The van der Waals surface area contributed by atoms with Crippen molar-refractivity contribution in [2.45, 2.75) is 32.6 Å². The molecule has 1 rings (SSSR count). The van der Waals surface area contributed by atoms with Crippen molar-refractivity contribution in [1.82, 2.24) is 15.6 Å². The number of nitrogens with two attached hydrogens (primary N) is 1. The summed E-state index contributed by atoms with van der Waals surface area (Å²) in [6.45, 7) is 6.88. The van der Waals surface area contributed by atoms with E-state index in [1.54, 1.807) is 0 Å². The molecule has 1 fully saturated rings. The molecule has 1 heterocycles. The van der Waals surface area contributed by atoms with Crippen LogP contribution < -0.4 is 16.6 Å². The zero-order valence-corrected chi connectivity index (χ0v) is 11.0. The minimum absolute atomic E-state index is 0.532. The standard InChI is InChI=1S/C11H24N4S/c1-2-10-4-8-15(9-5-10)7-3-6-13-11(16)14-12/h10H,2-9,12H2,1H3,(H2,13,14,16). The minimum Gasteiger partial charge on any atom is -0.362 e.